The molecular weight excluding hydrogens is 372 g/mol. The minimum atomic E-state index is -3.66. The van der Waals surface area contributed by atoms with Crippen LogP contribution < -0.4 is 10.5 Å². The van der Waals surface area contributed by atoms with Crippen LogP contribution in [0.3, 0.4) is 0 Å². The third-order valence-electron chi connectivity index (χ3n) is 2.19. The topological polar surface area (TPSA) is 98.0 Å². The van der Waals surface area contributed by atoms with E-state index in [1.54, 1.807) is 6.07 Å². The molecule has 104 valence electrons. The summed E-state index contributed by atoms with van der Waals surface area (Å²) in [5, 5.41) is 8.71. The van der Waals surface area contributed by atoms with E-state index in [0.717, 1.165) is 16.3 Å². The van der Waals surface area contributed by atoms with Gasteiger partial charge in [0.15, 0.2) is 0 Å². The maximum Gasteiger partial charge on any atom is 0.265 e. The van der Waals surface area contributed by atoms with Gasteiger partial charge in [-0.15, -0.1) is 21.5 Å². The predicted octanol–water partition coefficient (Wildman–Crippen LogP) is 2.18. The quantitative estimate of drug-likeness (QED) is 0.825. The number of hydrogen-bond donors (Lipinski definition) is 2. The smallest absolute Gasteiger partial charge is 0.265 e. The number of nitrogens with zero attached hydrogens (tertiary/aromatic N) is 2. The lowest BCUT2D eigenvalue weighted by Gasteiger charge is -2.02. The standard InChI is InChI=1S/C9H11BrN4O2S3/c1-2-7-12-13-9(18-7)14-19(15,16)6-3-5(4-11)17-8(6)10/h3H,2,4,11H2,1H3,(H,13,14). The molecule has 2 heterocycles. The summed E-state index contributed by atoms with van der Waals surface area (Å²) >= 11 is 5.76. The van der Waals surface area contributed by atoms with Gasteiger partial charge >= 0.3 is 0 Å². The van der Waals surface area contributed by atoms with Crippen molar-refractivity contribution in [3.05, 3.63) is 19.7 Å². The van der Waals surface area contributed by atoms with Gasteiger partial charge in [0.25, 0.3) is 10.0 Å². The number of sulfonamides is 1. The highest BCUT2D eigenvalue weighted by Gasteiger charge is 2.22. The molecule has 0 fully saturated rings. The molecule has 0 amide bonds. The van der Waals surface area contributed by atoms with Crippen molar-refractivity contribution in [1.29, 1.82) is 0 Å². The second-order valence-electron chi connectivity index (χ2n) is 3.51. The number of anilines is 1. The van der Waals surface area contributed by atoms with E-state index in [4.69, 9.17) is 5.73 Å². The summed E-state index contributed by atoms with van der Waals surface area (Å²) in [6, 6.07) is 1.55. The van der Waals surface area contributed by atoms with Crippen molar-refractivity contribution in [3.8, 4) is 0 Å². The summed E-state index contributed by atoms with van der Waals surface area (Å²) in [5.74, 6) is 0. The van der Waals surface area contributed by atoms with Gasteiger partial charge in [0.2, 0.25) is 5.13 Å². The highest BCUT2D eigenvalue weighted by Crippen LogP contribution is 2.32. The number of aryl methyl sites for hydroxylation is 1. The molecule has 2 rings (SSSR count). The van der Waals surface area contributed by atoms with Gasteiger partial charge in [-0.2, -0.15) is 0 Å². The first-order valence-corrected chi connectivity index (χ1v) is 9.20. The normalized spacial score (nSPS) is 11.7. The van der Waals surface area contributed by atoms with Crippen molar-refractivity contribution >= 4 is 53.8 Å². The molecule has 0 aliphatic rings. The number of aromatic nitrogens is 2. The van der Waals surface area contributed by atoms with Crippen molar-refractivity contribution < 1.29 is 8.42 Å². The summed E-state index contributed by atoms with van der Waals surface area (Å²) < 4.78 is 27.4. The monoisotopic (exact) mass is 382 g/mol. The molecule has 2 aromatic rings. The van der Waals surface area contributed by atoms with E-state index >= 15 is 0 Å². The van der Waals surface area contributed by atoms with Crippen LogP contribution in [0, 0.1) is 0 Å². The van der Waals surface area contributed by atoms with Gasteiger partial charge in [0.05, 0.1) is 3.79 Å². The fourth-order valence-electron chi connectivity index (χ4n) is 1.29. The van der Waals surface area contributed by atoms with Gasteiger partial charge in [0.1, 0.15) is 9.90 Å². The lowest BCUT2D eigenvalue weighted by atomic mass is 10.5. The minimum absolute atomic E-state index is 0.172. The van der Waals surface area contributed by atoms with Gasteiger partial charge in [-0.3, -0.25) is 4.72 Å². The van der Waals surface area contributed by atoms with Crippen LogP contribution in [-0.2, 0) is 23.0 Å². The molecule has 10 heteroatoms. The molecule has 0 aliphatic heterocycles. The van der Waals surface area contributed by atoms with E-state index in [1.165, 1.54) is 22.7 Å². The number of nitrogens with two attached hydrogens (primary N) is 1. The zero-order valence-electron chi connectivity index (χ0n) is 9.88. The largest absolute Gasteiger partial charge is 0.326 e. The Balaban J connectivity index is 2.29. The number of nitrogens with one attached hydrogen (secondary N) is 1. The number of hydrogen-bond acceptors (Lipinski definition) is 7. The Labute approximate surface area is 127 Å². The Morgan fingerprint density at radius 1 is 1.42 bits per heavy atom. The first-order chi connectivity index (χ1) is 8.96. The second kappa shape index (κ2) is 5.83. The maximum absolute atomic E-state index is 12.2. The molecule has 0 aliphatic carbocycles. The van der Waals surface area contributed by atoms with Gasteiger partial charge in [-0.1, -0.05) is 18.3 Å². The molecule has 3 N–H and O–H groups in total. The highest BCUT2D eigenvalue weighted by molar-refractivity contribution is 9.11. The van der Waals surface area contributed by atoms with Crippen LogP contribution in [0.2, 0.25) is 0 Å². The Kier molecular flexibility index (Phi) is 4.56. The third kappa shape index (κ3) is 3.31. The summed E-state index contributed by atoms with van der Waals surface area (Å²) in [4.78, 5) is 0.963. The predicted molar refractivity (Wildman–Crippen MR) is 80.0 cm³/mol. The van der Waals surface area contributed by atoms with Crippen LogP contribution in [0.15, 0.2) is 14.7 Å². The van der Waals surface area contributed by atoms with Crippen molar-refractivity contribution in [2.75, 3.05) is 4.72 Å². The van der Waals surface area contributed by atoms with E-state index < -0.39 is 10.0 Å². The summed E-state index contributed by atoms with van der Waals surface area (Å²) in [7, 11) is -3.66. The van der Waals surface area contributed by atoms with Gasteiger partial charge < -0.3 is 5.73 Å². The Morgan fingerprint density at radius 3 is 2.68 bits per heavy atom. The molecule has 6 nitrogen and oxygen atoms in total. The van der Waals surface area contributed by atoms with Crippen LogP contribution >= 0.6 is 38.6 Å². The fourth-order valence-corrected chi connectivity index (χ4v) is 5.76. The van der Waals surface area contributed by atoms with Crippen molar-refractivity contribution in [3.63, 3.8) is 0 Å². The molecule has 0 radical (unpaired) electrons. The van der Waals surface area contributed by atoms with Crippen molar-refractivity contribution in [1.82, 2.24) is 10.2 Å². The van der Waals surface area contributed by atoms with Crippen molar-refractivity contribution in [2.45, 2.75) is 24.8 Å². The van der Waals surface area contributed by atoms with E-state index in [1.807, 2.05) is 6.92 Å². The van der Waals surface area contributed by atoms with Crippen LogP contribution in [0.4, 0.5) is 5.13 Å². The van der Waals surface area contributed by atoms with E-state index in [0.29, 0.717) is 10.3 Å². The first-order valence-electron chi connectivity index (χ1n) is 5.29. The molecule has 0 unspecified atom stereocenters. The average Bonchev–Trinajstić information content (AvgIpc) is 2.95. The number of halogens is 1. The van der Waals surface area contributed by atoms with Crippen LogP contribution in [0.25, 0.3) is 0 Å². The molecule has 19 heavy (non-hydrogen) atoms. The maximum atomic E-state index is 12.2. The molecule has 0 saturated heterocycles. The SMILES string of the molecule is CCc1nnc(NS(=O)(=O)c2cc(CN)sc2Br)s1. The molecule has 0 spiro atoms. The molecular formula is C9H11BrN4O2S3. The van der Waals surface area contributed by atoms with E-state index in [-0.39, 0.29) is 10.0 Å². The van der Waals surface area contributed by atoms with Gasteiger partial charge in [0, 0.05) is 11.4 Å². The van der Waals surface area contributed by atoms with Crippen LogP contribution in [-0.4, -0.2) is 18.6 Å². The highest BCUT2D eigenvalue weighted by atomic mass is 79.9. The minimum Gasteiger partial charge on any atom is -0.326 e. The molecule has 0 aromatic carbocycles. The summed E-state index contributed by atoms with van der Waals surface area (Å²) in [6.07, 6.45) is 0.721. The molecule has 0 bridgehead atoms. The Hall–Kier alpha value is -0.550. The first kappa shape index (κ1) is 14.9. The number of thiophene rings is 1. The molecule has 2 aromatic heterocycles. The summed E-state index contributed by atoms with van der Waals surface area (Å²) in [6.45, 7) is 2.24. The van der Waals surface area contributed by atoms with E-state index in [2.05, 4.69) is 30.8 Å². The average molecular weight is 383 g/mol. The fraction of sp³-hybridized carbons (Fsp3) is 0.333. The second-order valence-corrected chi connectivity index (χ2v) is 8.68. The molecule has 0 saturated carbocycles. The third-order valence-corrected chi connectivity index (χ3v) is 6.91. The van der Waals surface area contributed by atoms with Gasteiger partial charge in [-0.05, 0) is 28.4 Å². The van der Waals surface area contributed by atoms with Crippen LogP contribution in [0.1, 0.15) is 16.8 Å². The summed E-state index contributed by atoms with van der Waals surface area (Å²) in [5.41, 5.74) is 5.50. The Morgan fingerprint density at radius 2 is 2.16 bits per heavy atom. The van der Waals surface area contributed by atoms with Crippen LogP contribution in [0.5, 0.6) is 0 Å². The molecule has 0 atom stereocenters. The zero-order chi connectivity index (χ0) is 14.0. The lowest BCUT2D eigenvalue weighted by molar-refractivity contribution is 0.601. The lowest BCUT2D eigenvalue weighted by Crippen LogP contribution is -2.12. The van der Waals surface area contributed by atoms with Gasteiger partial charge in [-0.25, -0.2) is 8.42 Å². The van der Waals surface area contributed by atoms with E-state index in [9.17, 15) is 8.42 Å². The number of rotatable bonds is 5. The Bertz CT molecular complexity index is 679. The zero-order valence-corrected chi connectivity index (χ0v) is 13.9. The van der Waals surface area contributed by atoms with Crippen molar-refractivity contribution in [2.24, 2.45) is 5.73 Å².